The topological polar surface area (TPSA) is 95.8 Å². The Hall–Kier alpha value is -2.20. The van der Waals surface area contributed by atoms with Crippen LogP contribution in [0, 0.1) is 0 Å². The van der Waals surface area contributed by atoms with Crippen molar-refractivity contribution >= 4 is 34.3 Å². The van der Waals surface area contributed by atoms with Gasteiger partial charge in [-0.2, -0.15) is 10.2 Å². The van der Waals surface area contributed by atoms with Crippen molar-refractivity contribution < 1.29 is 9.90 Å². The maximum Gasteiger partial charge on any atom is 0.230 e. The van der Waals surface area contributed by atoms with E-state index in [1.54, 1.807) is 17.1 Å². The summed E-state index contributed by atoms with van der Waals surface area (Å²) in [6.07, 6.45) is 3.68. The Bertz CT molecular complexity index is 871. The van der Waals surface area contributed by atoms with Crippen LogP contribution < -0.4 is 5.32 Å². The molecule has 7 nitrogen and oxygen atoms in total. The van der Waals surface area contributed by atoms with E-state index in [1.165, 1.54) is 0 Å². The van der Waals surface area contributed by atoms with Gasteiger partial charge in [0.1, 0.15) is 0 Å². The van der Waals surface area contributed by atoms with Crippen molar-refractivity contribution in [2.75, 3.05) is 5.32 Å². The van der Waals surface area contributed by atoms with Gasteiger partial charge in [-0.3, -0.25) is 9.89 Å². The molecule has 2 aromatic heterocycles. The molecule has 1 aromatic carbocycles. The van der Waals surface area contributed by atoms with Gasteiger partial charge >= 0.3 is 0 Å². The summed E-state index contributed by atoms with van der Waals surface area (Å²) in [4.78, 5) is 12.2. The summed E-state index contributed by atoms with van der Waals surface area (Å²) in [5.41, 5.74) is 3.41. The molecule has 1 amide bonds. The Labute approximate surface area is 158 Å². The average molecular weight is 451 g/mol. The van der Waals surface area contributed by atoms with Crippen molar-refractivity contribution in [3.05, 3.63) is 59.5 Å². The van der Waals surface area contributed by atoms with Crippen LogP contribution in [-0.2, 0) is 17.8 Å². The van der Waals surface area contributed by atoms with E-state index in [-0.39, 0.29) is 18.9 Å². The van der Waals surface area contributed by atoms with Crippen LogP contribution in [-0.4, -0.2) is 31.0 Å². The molecule has 1 unspecified atom stereocenters. The molecule has 0 saturated heterocycles. The fourth-order valence-corrected chi connectivity index (χ4v) is 2.69. The van der Waals surface area contributed by atoms with Crippen molar-refractivity contribution in [2.45, 2.75) is 23.9 Å². The second-order valence-electron chi connectivity index (χ2n) is 5.67. The van der Waals surface area contributed by atoms with E-state index < -0.39 is 0 Å². The normalized spacial score (nSPS) is 12.1. The summed E-state index contributed by atoms with van der Waals surface area (Å²) in [7, 11) is 0. The fraction of sp³-hybridized carbons (Fsp3) is 0.235. The number of halogens is 1. The molecule has 3 rings (SSSR count). The number of H-pyrrole nitrogens is 1. The second-order valence-corrected chi connectivity index (χ2v) is 7.54. The Balaban J connectivity index is 1.65. The maximum absolute atomic E-state index is 12.2. The number of aliphatic hydroxyl groups is 1. The summed E-state index contributed by atoms with van der Waals surface area (Å²) in [6.45, 7) is 2.02. The van der Waals surface area contributed by atoms with E-state index in [2.05, 4.69) is 43.2 Å². The first-order chi connectivity index (χ1) is 12.0. The third kappa shape index (κ3) is 4.45. The molecule has 25 heavy (non-hydrogen) atoms. The van der Waals surface area contributed by atoms with Crippen LogP contribution in [0.1, 0.15) is 27.7 Å². The zero-order valence-electron chi connectivity index (χ0n) is 13.6. The van der Waals surface area contributed by atoms with Gasteiger partial charge in [-0.1, -0.05) is 34.7 Å². The molecule has 8 heteroatoms. The summed E-state index contributed by atoms with van der Waals surface area (Å²) in [5.74, 6) is 0.370. The highest BCUT2D eigenvalue weighted by Crippen LogP contribution is 2.22. The SMILES string of the molecule is CC(I)c1cc(NC(=O)Cc2cnn(-c3cccc(CO)c3)c2)n[nH]1. The predicted molar refractivity (Wildman–Crippen MR) is 103 cm³/mol. The Morgan fingerprint density at radius 1 is 1.40 bits per heavy atom. The third-order valence-corrected chi connectivity index (χ3v) is 4.32. The van der Waals surface area contributed by atoms with Gasteiger partial charge in [-0.05, 0) is 30.2 Å². The van der Waals surface area contributed by atoms with Crippen LogP contribution in [0.4, 0.5) is 5.82 Å². The number of nitrogens with zero attached hydrogens (tertiary/aromatic N) is 3. The minimum atomic E-state index is -0.150. The smallest absolute Gasteiger partial charge is 0.230 e. The Morgan fingerprint density at radius 3 is 2.96 bits per heavy atom. The van der Waals surface area contributed by atoms with Crippen LogP contribution in [0.25, 0.3) is 5.69 Å². The van der Waals surface area contributed by atoms with Gasteiger partial charge in [-0.15, -0.1) is 0 Å². The number of carbonyl (C=O) groups is 1. The molecule has 0 aliphatic rings. The predicted octanol–water partition coefficient (Wildman–Crippen LogP) is 2.76. The zero-order valence-corrected chi connectivity index (χ0v) is 15.8. The molecular formula is C17H18IN5O2. The third-order valence-electron chi connectivity index (χ3n) is 3.65. The number of hydrogen-bond acceptors (Lipinski definition) is 4. The van der Waals surface area contributed by atoms with Crippen LogP contribution in [0.2, 0.25) is 0 Å². The number of alkyl halides is 1. The maximum atomic E-state index is 12.2. The van der Waals surface area contributed by atoms with Gasteiger partial charge in [0.2, 0.25) is 5.91 Å². The van der Waals surface area contributed by atoms with Crippen molar-refractivity contribution in [1.29, 1.82) is 0 Å². The van der Waals surface area contributed by atoms with Crippen LogP contribution in [0.15, 0.2) is 42.7 Å². The minimum absolute atomic E-state index is 0.0220. The first-order valence-corrected chi connectivity index (χ1v) is 9.02. The summed E-state index contributed by atoms with van der Waals surface area (Å²) < 4.78 is 1.98. The number of aromatic amines is 1. The van der Waals surface area contributed by atoms with E-state index >= 15 is 0 Å². The zero-order chi connectivity index (χ0) is 17.8. The number of aliphatic hydroxyl groups excluding tert-OH is 1. The molecule has 3 aromatic rings. The summed E-state index contributed by atoms with van der Waals surface area (Å²) in [6, 6.07) is 9.28. The first kappa shape index (κ1) is 17.6. The molecule has 3 N–H and O–H groups in total. The number of nitrogens with one attached hydrogen (secondary N) is 2. The van der Waals surface area contributed by atoms with Gasteiger partial charge in [0.05, 0.1) is 24.9 Å². The lowest BCUT2D eigenvalue weighted by Gasteiger charge is -2.03. The minimum Gasteiger partial charge on any atom is -0.392 e. The first-order valence-electron chi connectivity index (χ1n) is 7.78. The van der Waals surface area contributed by atoms with Crippen molar-refractivity contribution in [3.63, 3.8) is 0 Å². The molecular weight excluding hydrogens is 433 g/mol. The summed E-state index contributed by atoms with van der Waals surface area (Å²) >= 11 is 2.28. The number of carbonyl (C=O) groups excluding carboxylic acids is 1. The molecule has 0 saturated carbocycles. The number of aromatic nitrogens is 4. The Morgan fingerprint density at radius 2 is 2.24 bits per heavy atom. The highest BCUT2D eigenvalue weighted by molar-refractivity contribution is 14.1. The molecule has 0 radical (unpaired) electrons. The van der Waals surface area contributed by atoms with Crippen LogP contribution >= 0.6 is 22.6 Å². The van der Waals surface area contributed by atoms with E-state index in [0.29, 0.717) is 9.74 Å². The highest BCUT2D eigenvalue weighted by Gasteiger charge is 2.11. The molecule has 0 aliphatic heterocycles. The fourth-order valence-electron chi connectivity index (χ4n) is 2.37. The molecule has 130 valence electrons. The van der Waals surface area contributed by atoms with Gasteiger partial charge in [0.15, 0.2) is 5.82 Å². The van der Waals surface area contributed by atoms with Gasteiger partial charge < -0.3 is 10.4 Å². The number of amides is 1. The standard InChI is InChI=1S/C17H18IN5O2/c1-11(18)15-7-16(22-21-15)20-17(25)6-13-8-19-23(9-13)14-4-2-3-12(5-14)10-24/h2-5,7-9,11,24H,6,10H2,1H3,(H2,20,21,22,25). The molecule has 0 fully saturated rings. The lowest BCUT2D eigenvalue weighted by molar-refractivity contribution is -0.115. The number of hydrogen-bond donors (Lipinski definition) is 3. The quantitative estimate of drug-likeness (QED) is 0.397. The average Bonchev–Trinajstić information content (AvgIpc) is 3.24. The number of rotatable bonds is 6. The van der Waals surface area contributed by atoms with Crippen molar-refractivity contribution in [1.82, 2.24) is 20.0 Å². The van der Waals surface area contributed by atoms with E-state index in [0.717, 1.165) is 22.5 Å². The lowest BCUT2D eigenvalue weighted by atomic mass is 10.2. The van der Waals surface area contributed by atoms with Gasteiger partial charge in [0.25, 0.3) is 0 Å². The lowest BCUT2D eigenvalue weighted by Crippen LogP contribution is -2.14. The van der Waals surface area contributed by atoms with Crippen molar-refractivity contribution in [3.8, 4) is 5.69 Å². The molecule has 1 atom stereocenters. The summed E-state index contributed by atoms with van der Waals surface area (Å²) in [5, 5.41) is 23.3. The van der Waals surface area contributed by atoms with Gasteiger partial charge in [-0.25, -0.2) is 4.68 Å². The van der Waals surface area contributed by atoms with E-state index in [4.69, 9.17) is 0 Å². The molecule has 2 heterocycles. The van der Waals surface area contributed by atoms with E-state index in [9.17, 15) is 9.90 Å². The van der Waals surface area contributed by atoms with Gasteiger partial charge in [0, 0.05) is 21.9 Å². The second kappa shape index (κ2) is 7.79. The number of benzene rings is 1. The monoisotopic (exact) mass is 451 g/mol. The molecule has 0 spiro atoms. The van der Waals surface area contributed by atoms with Crippen LogP contribution in [0.5, 0.6) is 0 Å². The van der Waals surface area contributed by atoms with Crippen molar-refractivity contribution in [2.24, 2.45) is 0 Å². The molecule has 0 bridgehead atoms. The van der Waals surface area contributed by atoms with E-state index in [1.807, 2.05) is 37.3 Å². The largest absolute Gasteiger partial charge is 0.392 e. The number of anilines is 1. The molecule has 0 aliphatic carbocycles. The highest BCUT2D eigenvalue weighted by atomic mass is 127. The Kier molecular flexibility index (Phi) is 5.49. The van der Waals surface area contributed by atoms with Crippen LogP contribution in [0.3, 0.4) is 0 Å².